The molecule has 0 saturated heterocycles. The molecule has 0 radical (unpaired) electrons. The Bertz CT molecular complexity index is 1700. The maximum Gasteiger partial charge on any atom is 0.395 e. The largest absolute Gasteiger partial charge is 0.395 e. The maximum absolute atomic E-state index is 13.6. The minimum absolute atomic E-state index is 0.0472. The van der Waals surface area contributed by atoms with Gasteiger partial charge in [0.05, 0.1) is 57.1 Å². The average Bonchev–Trinajstić information content (AvgIpc) is 3.44. The summed E-state index contributed by atoms with van der Waals surface area (Å²) in [6, 6.07) is 11.4. The molecule has 0 aliphatic rings. The highest BCUT2D eigenvalue weighted by Crippen LogP contribution is 2.40. The standard InChI is InChI=1S/C29H27ClF4N8/c1-16(10-31)42-14-24(40-41-42)27(21-7-5-6-18(11-35)17(21)2)39-20-8-22-25(38-15-28(3,4)29(32,33)34)19(12-36)13-37-26(22)23(30)9-20/h5-9,13-14,16,27,39H,10,15H2,1-4H3,(H,37,38). The number of alkyl halides is 4. The van der Waals surface area contributed by atoms with Crippen LogP contribution in [0.15, 0.2) is 42.7 Å². The molecule has 0 fully saturated rings. The van der Waals surface area contributed by atoms with Crippen molar-refractivity contribution in [1.82, 2.24) is 20.0 Å². The molecule has 2 atom stereocenters. The Labute approximate surface area is 244 Å². The molecule has 42 heavy (non-hydrogen) atoms. The van der Waals surface area contributed by atoms with Crippen LogP contribution in [0.2, 0.25) is 5.02 Å². The first-order valence-electron chi connectivity index (χ1n) is 12.9. The number of aromatic nitrogens is 4. The van der Waals surface area contributed by atoms with Gasteiger partial charge in [0.2, 0.25) is 0 Å². The second kappa shape index (κ2) is 11.8. The summed E-state index contributed by atoms with van der Waals surface area (Å²) in [4.78, 5) is 4.27. The van der Waals surface area contributed by atoms with E-state index in [1.165, 1.54) is 10.9 Å². The molecule has 0 saturated carbocycles. The molecule has 2 aromatic carbocycles. The number of pyridine rings is 1. The molecule has 2 N–H and O–H groups in total. The molecular weight excluding hydrogens is 572 g/mol. The molecule has 8 nitrogen and oxygen atoms in total. The second-order valence-electron chi connectivity index (χ2n) is 10.6. The Morgan fingerprint density at radius 1 is 1.12 bits per heavy atom. The number of anilines is 2. The van der Waals surface area contributed by atoms with E-state index < -0.39 is 36.9 Å². The third-order valence-corrected chi connectivity index (χ3v) is 7.42. The molecule has 4 rings (SSSR count). The van der Waals surface area contributed by atoms with E-state index in [4.69, 9.17) is 11.6 Å². The molecule has 2 unspecified atom stereocenters. The molecule has 0 bridgehead atoms. The number of fused-ring (bicyclic) bond motifs is 1. The van der Waals surface area contributed by atoms with E-state index >= 15 is 0 Å². The summed E-state index contributed by atoms with van der Waals surface area (Å²) >= 11 is 6.60. The number of benzene rings is 2. The van der Waals surface area contributed by atoms with Crippen molar-refractivity contribution in [3.63, 3.8) is 0 Å². The van der Waals surface area contributed by atoms with Crippen LogP contribution in [0.1, 0.15) is 60.8 Å². The van der Waals surface area contributed by atoms with Gasteiger partial charge in [0.1, 0.15) is 18.4 Å². The predicted molar refractivity (Wildman–Crippen MR) is 152 cm³/mol. The zero-order valence-electron chi connectivity index (χ0n) is 23.2. The summed E-state index contributed by atoms with van der Waals surface area (Å²) in [5.41, 5.74) is 1.09. The first-order chi connectivity index (χ1) is 19.8. The molecule has 0 aliphatic heterocycles. The van der Waals surface area contributed by atoms with Crippen molar-refractivity contribution in [2.24, 2.45) is 5.41 Å². The highest BCUT2D eigenvalue weighted by Gasteiger charge is 2.47. The smallest absolute Gasteiger partial charge is 0.382 e. The van der Waals surface area contributed by atoms with E-state index in [0.29, 0.717) is 33.5 Å². The van der Waals surface area contributed by atoms with Gasteiger partial charge in [-0.3, -0.25) is 4.98 Å². The van der Waals surface area contributed by atoms with Crippen LogP contribution in [0.3, 0.4) is 0 Å². The van der Waals surface area contributed by atoms with Crippen molar-refractivity contribution < 1.29 is 17.6 Å². The summed E-state index contributed by atoms with van der Waals surface area (Å²) in [6.07, 6.45) is -1.63. The fourth-order valence-electron chi connectivity index (χ4n) is 4.30. The van der Waals surface area contributed by atoms with Gasteiger partial charge in [-0.2, -0.15) is 23.7 Å². The monoisotopic (exact) mass is 598 g/mol. The van der Waals surface area contributed by atoms with E-state index in [1.807, 2.05) is 12.1 Å². The highest BCUT2D eigenvalue weighted by molar-refractivity contribution is 6.35. The Morgan fingerprint density at radius 3 is 2.48 bits per heavy atom. The van der Waals surface area contributed by atoms with E-state index in [1.54, 1.807) is 44.3 Å². The number of halogens is 5. The van der Waals surface area contributed by atoms with Crippen LogP contribution in [0.25, 0.3) is 10.9 Å². The van der Waals surface area contributed by atoms with Crippen LogP contribution in [-0.4, -0.2) is 39.4 Å². The minimum atomic E-state index is -4.49. The van der Waals surface area contributed by atoms with Crippen molar-refractivity contribution in [2.75, 3.05) is 23.9 Å². The van der Waals surface area contributed by atoms with Gasteiger partial charge in [0.25, 0.3) is 0 Å². The van der Waals surface area contributed by atoms with Gasteiger partial charge in [0.15, 0.2) is 0 Å². The lowest BCUT2D eigenvalue weighted by atomic mass is 9.92. The predicted octanol–water partition coefficient (Wildman–Crippen LogP) is 7.26. The first kappa shape index (κ1) is 30.5. The molecule has 0 spiro atoms. The maximum atomic E-state index is 13.6. The van der Waals surface area contributed by atoms with Gasteiger partial charge >= 0.3 is 6.18 Å². The number of nitrogens with one attached hydrogen (secondary N) is 2. The van der Waals surface area contributed by atoms with Gasteiger partial charge < -0.3 is 10.6 Å². The molecule has 2 heterocycles. The van der Waals surface area contributed by atoms with Gasteiger partial charge in [-0.15, -0.1) is 5.10 Å². The molecule has 218 valence electrons. The summed E-state index contributed by atoms with van der Waals surface area (Å²) in [5.74, 6) is 0. The zero-order chi connectivity index (χ0) is 30.8. The minimum Gasteiger partial charge on any atom is -0.382 e. The van der Waals surface area contributed by atoms with Crippen LogP contribution in [0.4, 0.5) is 28.9 Å². The Balaban J connectivity index is 1.85. The van der Waals surface area contributed by atoms with Gasteiger partial charge in [0, 0.05) is 23.8 Å². The molecule has 0 amide bonds. The van der Waals surface area contributed by atoms with Crippen LogP contribution in [0, 0.1) is 35.0 Å². The van der Waals surface area contributed by atoms with Crippen LogP contribution < -0.4 is 10.6 Å². The Hall–Kier alpha value is -4.42. The van der Waals surface area contributed by atoms with Crippen LogP contribution >= 0.6 is 11.6 Å². The number of hydrogen-bond acceptors (Lipinski definition) is 7. The fraction of sp³-hybridized carbons (Fsp3) is 0.345. The van der Waals surface area contributed by atoms with Crippen molar-refractivity contribution in [1.29, 1.82) is 10.5 Å². The molecule has 13 heteroatoms. The summed E-state index contributed by atoms with van der Waals surface area (Å²) in [7, 11) is 0. The van der Waals surface area contributed by atoms with Crippen LogP contribution in [0.5, 0.6) is 0 Å². The number of nitriles is 2. The van der Waals surface area contributed by atoms with Crippen molar-refractivity contribution in [2.45, 2.75) is 46.0 Å². The molecular formula is C29H27ClF4N8. The number of nitrogens with zero attached hydrogens (tertiary/aromatic N) is 6. The van der Waals surface area contributed by atoms with E-state index in [2.05, 4.69) is 32.0 Å². The molecule has 0 aliphatic carbocycles. The lowest BCUT2D eigenvalue weighted by Crippen LogP contribution is -2.38. The SMILES string of the molecule is Cc1c(C#N)cccc1C(Nc1cc(Cl)c2ncc(C#N)c(NCC(C)(C)C(F)(F)F)c2c1)c1cn(C(C)CF)nn1. The van der Waals surface area contributed by atoms with Gasteiger partial charge in [-0.05, 0) is 57.0 Å². The Kier molecular flexibility index (Phi) is 8.60. The third-order valence-electron chi connectivity index (χ3n) is 7.14. The quantitative estimate of drug-likeness (QED) is 0.195. The highest BCUT2D eigenvalue weighted by atomic mass is 35.5. The topological polar surface area (TPSA) is 115 Å². The first-order valence-corrected chi connectivity index (χ1v) is 13.3. The Morgan fingerprint density at radius 2 is 1.83 bits per heavy atom. The summed E-state index contributed by atoms with van der Waals surface area (Å²) in [5, 5.41) is 34.3. The van der Waals surface area contributed by atoms with E-state index in [-0.39, 0.29) is 21.8 Å². The van der Waals surface area contributed by atoms with Crippen molar-refractivity contribution >= 4 is 33.9 Å². The molecule has 4 aromatic rings. The summed E-state index contributed by atoms with van der Waals surface area (Å²) < 4.78 is 55.5. The lowest BCUT2D eigenvalue weighted by Gasteiger charge is -2.28. The van der Waals surface area contributed by atoms with Crippen LogP contribution in [-0.2, 0) is 0 Å². The molecule has 2 aromatic heterocycles. The van der Waals surface area contributed by atoms with Crippen molar-refractivity contribution in [3.8, 4) is 12.1 Å². The lowest BCUT2D eigenvalue weighted by molar-refractivity contribution is -0.206. The second-order valence-corrected chi connectivity index (χ2v) is 11.0. The number of hydrogen-bond donors (Lipinski definition) is 2. The normalized spacial score (nSPS) is 13.3. The van der Waals surface area contributed by atoms with Gasteiger partial charge in [-0.1, -0.05) is 28.9 Å². The van der Waals surface area contributed by atoms with E-state index in [9.17, 15) is 28.1 Å². The number of rotatable bonds is 9. The van der Waals surface area contributed by atoms with E-state index in [0.717, 1.165) is 13.8 Å². The average molecular weight is 599 g/mol. The zero-order valence-corrected chi connectivity index (χ0v) is 23.9. The van der Waals surface area contributed by atoms with Gasteiger partial charge in [-0.25, -0.2) is 9.07 Å². The third kappa shape index (κ3) is 5.95. The summed E-state index contributed by atoms with van der Waals surface area (Å²) in [6.45, 7) is 4.42. The fourth-order valence-corrected chi connectivity index (χ4v) is 4.57. The van der Waals surface area contributed by atoms with Crippen molar-refractivity contribution in [3.05, 3.63) is 75.7 Å².